The van der Waals surface area contributed by atoms with E-state index >= 15 is 0 Å². The normalized spacial score (nSPS) is 10.7. The fourth-order valence-corrected chi connectivity index (χ4v) is 2.40. The zero-order valence-electron chi connectivity index (χ0n) is 9.80. The van der Waals surface area contributed by atoms with Crippen LogP contribution >= 0.6 is 27.7 Å². The highest BCUT2D eigenvalue weighted by molar-refractivity contribution is 9.10. The molecule has 0 aliphatic carbocycles. The van der Waals surface area contributed by atoms with Crippen molar-refractivity contribution in [2.24, 2.45) is 7.05 Å². The Balaban J connectivity index is 2.33. The fourth-order valence-electron chi connectivity index (χ4n) is 1.41. The van der Waals surface area contributed by atoms with E-state index in [-0.39, 0.29) is 17.1 Å². The van der Waals surface area contributed by atoms with Gasteiger partial charge < -0.3 is 5.11 Å². The molecular formula is C11H9BrFN3O2S. The number of aryl methyl sites for hydroxylation is 1. The van der Waals surface area contributed by atoms with Crippen molar-refractivity contribution in [1.82, 2.24) is 14.8 Å². The van der Waals surface area contributed by atoms with Crippen LogP contribution in [0.5, 0.6) is 0 Å². The van der Waals surface area contributed by atoms with Crippen LogP contribution in [0.3, 0.4) is 0 Å². The highest BCUT2D eigenvalue weighted by atomic mass is 79.9. The Morgan fingerprint density at radius 3 is 3.00 bits per heavy atom. The van der Waals surface area contributed by atoms with Crippen molar-refractivity contribution in [2.45, 2.75) is 5.16 Å². The molecule has 5 nitrogen and oxygen atoms in total. The second-order valence-electron chi connectivity index (χ2n) is 3.65. The van der Waals surface area contributed by atoms with Crippen molar-refractivity contribution in [3.8, 4) is 11.4 Å². The summed E-state index contributed by atoms with van der Waals surface area (Å²) in [7, 11) is 1.64. The minimum Gasteiger partial charge on any atom is -0.481 e. The number of hydrogen-bond donors (Lipinski definition) is 1. The Bertz CT molecular complexity index is 632. The quantitative estimate of drug-likeness (QED) is 0.862. The van der Waals surface area contributed by atoms with Crippen LogP contribution in [-0.2, 0) is 11.8 Å². The van der Waals surface area contributed by atoms with E-state index in [1.165, 1.54) is 10.7 Å². The summed E-state index contributed by atoms with van der Waals surface area (Å²) in [4.78, 5) is 14.7. The summed E-state index contributed by atoms with van der Waals surface area (Å²) in [5.41, 5.74) is 0.271. The number of nitrogens with zero attached hydrogens (tertiary/aromatic N) is 3. The molecule has 2 rings (SSSR count). The second kappa shape index (κ2) is 5.70. The third kappa shape index (κ3) is 3.32. The van der Waals surface area contributed by atoms with Gasteiger partial charge in [-0.15, -0.1) is 0 Å². The lowest BCUT2D eigenvalue weighted by Crippen LogP contribution is -2.00. The summed E-state index contributed by atoms with van der Waals surface area (Å²) in [5.74, 6) is -1.26. The molecule has 100 valence electrons. The van der Waals surface area contributed by atoms with E-state index in [9.17, 15) is 9.18 Å². The first-order valence-corrected chi connectivity index (χ1v) is 6.96. The summed E-state index contributed by atoms with van der Waals surface area (Å²) in [6, 6.07) is 4.48. The van der Waals surface area contributed by atoms with Crippen LogP contribution in [0.25, 0.3) is 11.4 Å². The topological polar surface area (TPSA) is 68.0 Å². The number of halogens is 2. The summed E-state index contributed by atoms with van der Waals surface area (Å²) >= 11 is 4.29. The lowest BCUT2D eigenvalue weighted by atomic mass is 10.2. The van der Waals surface area contributed by atoms with Gasteiger partial charge in [0.1, 0.15) is 5.82 Å². The second-order valence-corrected chi connectivity index (χ2v) is 5.51. The largest absolute Gasteiger partial charge is 0.481 e. The Morgan fingerprint density at radius 1 is 1.58 bits per heavy atom. The van der Waals surface area contributed by atoms with Gasteiger partial charge in [0.2, 0.25) is 0 Å². The standard InChI is InChI=1S/C11H9BrFN3O2S/c1-16-11(19-5-9(17)18)14-10(15-16)7-4-6(12)2-3-8(7)13/h2-4H,5H2,1H3,(H,17,18). The van der Waals surface area contributed by atoms with E-state index in [1.807, 2.05) is 0 Å². The van der Waals surface area contributed by atoms with Crippen molar-refractivity contribution < 1.29 is 14.3 Å². The molecule has 19 heavy (non-hydrogen) atoms. The molecule has 1 aromatic carbocycles. The molecule has 0 aliphatic rings. The number of carboxylic acid groups (broad SMARTS) is 1. The molecule has 1 aromatic heterocycles. The first-order valence-electron chi connectivity index (χ1n) is 5.18. The van der Waals surface area contributed by atoms with Crippen LogP contribution in [0.4, 0.5) is 4.39 Å². The molecule has 0 saturated carbocycles. The molecule has 1 N–H and O–H groups in total. The highest BCUT2D eigenvalue weighted by Gasteiger charge is 2.14. The number of carbonyl (C=O) groups is 1. The highest BCUT2D eigenvalue weighted by Crippen LogP contribution is 2.25. The van der Waals surface area contributed by atoms with Gasteiger partial charge in [-0.1, -0.05) is 27.7 Å². The molecule has 2 aromatic rings. The van der Waals surface area contributed by atoms with Crippen LogP contribution in [0.15, 0.2) is 27.8 Å². The average Bonchev–Trinajstić information content (AvgIpc) is 2.71. The van der Waals surface area contributed by atoms with E-state index in [0.29, 0.717) is 5.16 Å². The lowest BCUT2D eigenvalue weighted by Gasteiger charge is -1.98. The smallest absolute Gasteiger partial charge is 0.313 e. The van der Waals surface area contributed by atoms with Crippen LogP contribution in [0, 0.1) is 5.82 Å². The minimum absolute atomic E-state index is 0.118. The van der Waals surface area contributed by atoms with Crippen molar-refractivity contribution in [1.29, 1.82) is 0 Å². The Kier molecular flexibility index (Phi) is 4.20. The van der Waals surface area contributed by atoms with E-state index in [4.69, 9.17) is 5.11 Å². The van der Waals surface area contributed by atoms with Gasteiger partial charge in [-0.25, -0.2) is 14.1 Å². The molecule has 0 fully saturated rings. The molecule has 1 heterocycles. The van der Waals surface area contributed by atoms with E-state index in [1.54, 1.807) is 19.2 Å². The maximum Gasteiger partial charge on any atom is 0.313 e. The molecule has 0 radical (unpaired) electrons. The van der Waals surface area contributed by atoms with Gasteiger partial charge in [0.05, 0.1) is 11.3 Å². The summed E-state index contributed by atoms with van der Waals surface area (Å²) < 4.78 is 15.9. The zero-order chi connectivity index (χ0) is 14.0. The van der Waals surface area contributed by atoms with Gasteiger partial charge in [0.25, 0.3) is 0 Å². The number of aromatic nitrogens is 3. The monoisotopic (exact) mass is 345 g/mol. The predicted octanol–water partition coefficient (Wildman–Crippen LogP) is 2.56. The minimum atomic E-state index is -0.941. The SMILES string of the molecule is Cn1nc(-c2cc(Br)ccc2F)nc1SCC(=O)O. The number of rotatable bonds is 4. The fraction of sp³-hybridized carbons (Fsp3) is 0.182. The van der Waals surface area contributed by atoms with Crippen molar-refractivity contribution in [3.63, 3.8) is 0 Å². The molecule has 0 amide bonds. The average molecular weight is 346 g/mol. The third-order valence-corrected chi connectivity index (χ3v) is 3.72. The van der Waals surface area contributed by atoms with Crippen molar-refractivity contribution >= 4 is 33.7 Å². The van der Waals surface area contributed by atoms with E-state index in [2.05, 4.69) is 26.0 Å². The van der Waals surface area contributed by atoms with Crippen LogP contribution in [0.2, 0.25) is 0 Å². The Morgan fingerprint density at radius 2 is 2.32 bits per heavy atom. The van der Waals surface area contributed by atoms with Crippen molar-refractivity contribution in [2.75, 3.05) is 5.75 Å². The third-order valence-electron chi connectivity index (χ3n) is 2.22. The Hall–Kier alpha value is -1.41. The number of thioether (sulfide) groups is 1. The van der Waals surface area contributed by atoms with Crippen LogP contribution < -0.4 is 0 Å². The van der Waals surface area contributed by atoms with Crippen LogP contribution in [-0.4, -0.2) is 31.6 Å². The predicted molar refractivity (Wildman–Crippen MR) is 72.5 cm³/mol. The summed E-state index contributed by atoms with van der Waals surface area (Å²) in [5, 5.41) is 13.1. The number of benzene rings is 1. The van der Waals surface area contributed by atoms with Gasteiger partial charge in [-0.3, -0.25) is 4.79 Å². The maximum absolute atomic E-state index is 13.7. The number of aliphatic carboxylic acids is 1. The van der Waals surface area contributed by atoms with Crippen molar-refractivity contribution in [3.05, 3.63) is 28.5 Å². The van der Waals surface area contributed by atoms with Gasteiger partial charge in [-0.2, -0.15) is 5.10 Å². The number of hydrogen-bond acceptors (Lipinski definition) is 4. The molecular weight excluding hydrogens is 337 g/mol. The lowest BCUT2D eigenvalue weighted by molar-refractivity contribution is -0.133. The first-order chi connectivity index (χ1) is 8.97. The summed E-state index contributed by atoms with van der Waals surface area (Å²) in [6.45, 7) is 0. The molecule has 0 spiro atoms. The molecule has 0 bridgehead atoms. The molecule has 0 unspecified atom stereocenters. The maximum atomic E-state index is 13.7. The first kappa shape index (κ1) is 14.0. The molecule has 0 aliphatic heterocycles. The van der Waals surface area contributed by atoms with Gasteiger partial charge in [0.15, 0.2) is 11.0 Å². The summed E-state index contributed by atoms with van der Waals surface area (Å²) in [6.07, 6.45) is 0. The van der Waals surface area contributed by atoms with Crippen LogP contribution in [0.1, 0.15) is 0 Å². The van der Waals surface area contributed by atoms with E-state index < -0.39 is 11.8 Å². The zero-order valence-corrected chi connectivity index (χ0v) is 12.2. The van der Waals surface area contributed by atoms with Gasteiger partial charge >= 0.3 is 5.97 Å². The molecule has 0 saturated heterocycles. The van der Waals surface area contributed by atoms with Gasteiger partial charge in [0, 0.05) is 11.5 Å². The molecule has 0 atom stereocenters. The number of carboxylic acids is 1. The molecule has 8 heteroatoms. The Labute approximate surface area is 121 Å². The van der Waals surface area contributed by atoms with Gasteiger partial charge in [-0.05, 0) is 18.2 Å². The van der Waals surface area contributed by atoms with E-state index in [0.717, 1.165) is 16.2 Å².